The van der Waals surface area contributed by atoms with Crippen molar-refractivity contribution in [2.45, 2.75) is 19.3 Å². The van der Waals surface area contributed by atoms with Gasteiger partial charge in [0, 0.05) is 34.8 Å². The molecule has 0 aliphatic carbocycles. The lowest BCUT2D eigenvalue weighted by atomic mass is 10.1. The van der Waals surface area contributed by atoms with Crippen LogP contribution in [0.25, 0.3) is 0 Å². The van der Waals surface area contributed by atoms with E-state index in [0.29, 0.717) is 17.0 Å². The smallest absolute Gasteiger partial charge is 0.252 e. The zero-order chi connectivity index (χ0) is 18.4. The summed E-state index contributed by atoms with van der Waals surface area (Å²) in [5, 5.41) is 3.27. The maximum atomic E-state index is 12.0. The van der Waals surface area contributed by atoms with Crippen molar-refractivity contribution >= 4 is 29.1 Å². The van der Waals surface area contributed by atoms with Crippen LogP contribution in [-0.2, 0) is 4.79 Å². The first-order valence-electron chi connectivity index (χ1n) is 8.56. The molecule has 0 atom stereocenters. The van der Waals surface area contributed by atoms with Crippen LogP contribution in [0.5, 0.6) is 0 Å². The molecule has 4 nitrogen and oxygen atoms in total. The van der Waals surface area contributed by atoms with Gasteiger partial charge in [-0.3, -0.25) is 9.59 Å². The maximum absolute atomic E-state index is 12.0. The molecule has 0 unspecified atom stereocenters. The van der Waals surface area contributed by atoms with Crippen LogP contribution in [0.2, 0.25) is 5.02 Å². The van der Waals surface area contributed by atoms with Gasteiger partial charge in [-0.25, -0.2) is 0 Å². The van der Waals surface area contributed by atoms with Crippen molar-refractivity contribution in [2.24, 2.45) is 0 Å². The number of piperidine rings is 1. The Morgan fingerprint density at radius 1 is 1.15 bits per heavy atom. The van der Waals surface area contributed by atoms with Crippen LogP contribution in [0.1, 0.15) is 35.2 Å². The molecule has 1 saturated heterocycles. The van der Waals surface area contributed by atoms with Crippen LogP contribution in [-0.4, -0.2) is 24.9 Å². The lowest BCUT2D eigenvalue weighted by Gasteiger charge is -2.26. The number of rotatable bonds is 3. The molecular weight excluding hydrogens is 348 g/mol. The molecule has 1 aliphatic rings. The number of carbonyl (C=O) groups is 2. The third kappa shape index (κ3) is 4.65. The third-order valence-corrected chi connectivity index (χ3v) is 4.39. The van der Waals surface area contributed by atoms with Gasteiger partial charge < -0.3 is 10.2 Å². The second-order valence-corrected chi connectivity index (χ2v) is 6.48. The predicted molar refractivity (Wildman–Crippen MR) is 103 cm³/mol. The number of anilines is 1. The lowest BCUT2D eigenvalue weighted by molar-refractivity contribution is -0.119. The zero-order valence-corrected chi connectivity index (χ0v) is 15.1. The summed E-state index contributed by atoms with van der Waals surface area (Å²) in [4.78, 5) is 25.8. The fourth-order valence-corrected chi connectivity index (χ4v) is 3.00. The van der Waals surface area contributed by atoms with Crippen molar-refractivity contribution in [3.05, 3.63) is 64.7 Å². The minimum atomic E-state index is -0.208. The van der Waals surface area contributed by atoms with Crippen LogP contribution >= 0.6 is 11.6 Å². The Morgan fingerprint density at radius 2 is 1.96 bits per heavy atom. The summed E-state index contributed by atoms with van der Waals surface area (Å²) in [5.74, 6) is 5.91. The highest BCUT2D eigenvalue weighted by atomic mass is 35.5. The summed E-state index contributed by atoms with van der Waals surface area (Å²) in [7, 11) is 0. The standard InChI is InChI=1S/C21H19ClN2O2/c22-18-7-3-6-17(15-18)21(26)23-13-4-5-16-9-11-19(12-10-16)24-14-2-1-8-20(24)25/h3,6-7,9-12,15H,1-2,8,13-14H2,(H,23,26). The van der Waals surface area contributed by atoms with E-state index in [2.05, 4.69) is 17.2 Å². The van der Waals surface area contributed by atoms with Crippen LogP contribution in [0.3, 0.4) is 0 Å². The summed E-state index contributed by atoms with van der Waals surface area (Å²) in [6, 6.07) is 14.4. The molecule has 0 spiro atoms. The summed E-state index contributed by atoms with van der Waals surface area (Å²) >= 11 is 5.88. The third-order valence-electron chi connectivity index (χ3n) is 4.16. The fraction of sp³-hybridized carbons (Fsp3) is 0.238. The van der Waals surface area contributed by atoms with E-state index in [0.717, 1.165) is 30.6 Å². The highest BCUT2D eigenvalue weighted by molar-refractivity contribution is 6.30. The van der Waals surface area contributed by atoms with Crippen LogP contribution in [0.15, 0.2) is 48.5 Å². The van der Waals surface area contributed by atoms with E-state index in [1.807, 2.05) is 29.2 Å². The first-order valence-corrected chi connectivity index (χ1v) is 8.94. The van der Waals surface area contributed by atoms with Gasteiger partial charge >= 0.3 is 0 Å². The number of amides is 2. The molecule has 26 heavy (non-hydrogen) atoms. The Kier molecular flexibility index (Phi) is 5.93. The van der Waals surface area contributed by atoms with Crippen LogP contribution < -0.4 is 10.2 Å². The second-order valence-electron chi connectivity index (χ2n) is 6.04. The molecule has 0 saturated carbocycles. The van der Waals surface area contributed by atoms with E-state index >= 15 is 0 Å². The van der Waals surface area contributed by atoms with Gasteiger partial charge in [0.1, 0.15) is 0 Å². The molecule has 1 N–H and O–H groups in total. The van der Waals surface area contributed by atoms with Gasteiger partial charge in [0.05, 0.1) is 6.54 Å². The number of benzene rings is 2. The molecule has 0 bridgehead atoms. The Morgan fingerprint density at radius 3 is 2.69 bits per heavy atom. The zero-order valence-electron chi connectivity index (χ0n) is 14.3. The van der Waals surface area contributed by atoms with Gasteiger partial charge in [-0.05, 0) is 55.3 Å². The van der Waals surface area contributed by atoms with Crippen molar-refractivity contribution < 1.29 is 9.59 Å². The first kappa shape index (κ1) is 18.0. The SMILES string of the molecule is O=C(NCC#Cc1ccc(N2CCCCC2=O)cc1)c1cccc(Cl)c1. The molecule has 132 valence electrons. The van der Waals surface area contributed by atoms with E-state index < -0.39 is 0 Å². The number of hydrogen-bond donors (Lipinski definition) is 1. The van der Waals surface area contributed by atoms with E-state index in [1.165, 1.54) is 0 Å². The average Bonchev–Trinajstić information content (AvgIpc) is 2.66. The van der Waals surface area contributed by atoms with Gasteiger partial charge in [0.25, 0.3) is 5.91 Å². The average molecular weight is 367 g/mol. The van der Waals surface area contributed by atoms with Gasteiger partial charge in [-0.2, -0.15) is 0 Å². The van der Waals surface area contributed by atoms with Crippen molar-refractivity contribution in [3.8, 4) is 11.8 Å². The molecule has 2 amide bonds. The normalized spacial score (nSPS) is 13.7. The highest BCUT2D eigenvalue weighted by Gasteiger charge is 2.19. The molecule has 1 fully saturated rings. The number of carbonyl (C=O) groups excluding carboxylic acids is 2. The molecule has 3 rings (SSSR count). The highest BCUT2D eigenvalue weighted by Crippen LogP contribution is 2.21. The molecule has 0 aromatic heterocycles. The van der Waals surface area contributed by atoms with E-state index in [4.69, 9.17) is 11.6 Å². The Labute approximate surface area is 158 Å². The molecule has 2 aromatic rings. The molecule has 0 radical (unpaired) electrons. The van der Waals surface area contributed by atoms with E-state index in [9.17, 15) is 9.59 Å². The van der Waals surface area contributed by atoms with Crippen LogP contribution in [0, 0.1) is 11.8 Å². The van der Waals surface area contributed by atoms with E-state index in [-0.39, 0.29) is 18.4 Å². The van der Waals surface area contributed by atoms with Crippen molar-refractivity contribution in [1.29, 1.82) is 0 Å². The quantitative estimate of drug-likeness (QED) is 0.843. The Balaban J connectivity index is 1.55. The van der Waals surface area contributed by atoms with Crippen molar-refractivity contribution in [2.75, 3.05) is 18.0 Å². The summed E-state index contributed by atoms with van der Waals surface area (Å²) in [6.07, 6.45) is 2.63. The second kappa shape index (κ2) is 8.55. The molecule has 5 heteroatoms. The van der Waals surface area contributed by atoms with Crippen molar-refractivity contribution in [1.82, 2.24) is 5.32 Å². The molecular formula is C21H19ClN2O2. The van der Waals surface area contributed by atoms with Gasteiger partial charge in [-0.15, -0.1) is 0 Å². The fourth-order valence-electron chi connectivity index (χ4n) is 2.81. The van der Waals surface area contributed by atoms with E-state index in [1.54, 1.807) is 24.3 Å². The maximum Gasteiger partial charge on any atom is 0.252 e. The van der Waals surface area contributed by atoms with Crippen LogP contribution in [0.4, 0.5) is 5.69 Å². The molecule has 2 aromatic carbocycles. The number of halogens is 1. The molecule has 1 heterocycles. The monoisotopic (exact) mass is 366 g/mol. The largest absolute Gasteiger partial charge is 0.341 e. The minimum Gasteiger partial charge on any atom is -0.341 e. The number of hydrogen-bond acceptors (Lipinski definition) is 2. The van der Waals surface area contributed by atoms with Gasteiger partial charge in [0.15, 0.2) is 0 Å². The van der Waals surface area contributed by atoms with Gasteiger partial charge in [0.2, 0.25) is 5.91 Å². The summed E-state index contributed by atoms with van der Waals surface area (Å²) in [5.41, 5.74) is 2.26. The topological polar surface area (TPSA) is 49.4 Å². The summed E-state index contributed by atoms with van der Waals surface area (Å²) < 4.78 is 0. The van der Waals surface area contributed by atoms with Crippen molar-refractivity contribution in [3.63, 3.8) is 0 Å². The predicted octanol–water partition coefficient (Wildman–Crippen LogP) is 3.64. The summed E-state index contributed by atoms with van der Waals surface area (Å²) in [6.45, 7) is 1.02. The number of nitrogens with zero attached hydrogens (tertiary/aromatic N) is 1. The van der Waals surface area contributed by atoms with Gasteiger partial charge in [-0.1, -0.05) is 29.5 Å². The lowest BCUT2D eigenvalue weighted by Crippen LogP contribution is -2.35. The Bertz CT molecular complexity index is 866. The number of nitrogens with one attached hydrogen (secondary N) is 1. The molecule has 1 aliphatic heterocycles. The minimum absolute atomic E-state index is 0.179. The Hall–Kier alpha value is -2.77. The first-order chi connectivity index (χ1) is 12.6.